The summed E-state index contributed by atoms with van der Waals surface area (Å²) in [6, 6.07) is 3.22. The molecule has 6 nitrogen and oxygen atoms in total. The molecule has 20 heavy (non-hydrogen) atoms. The first kappa shape index (κ1) is 15.8. The van der Waals surface area contributed by atoms with Gasteiger partial charge >= 0.3 is 5.97 Å². The Balaban J connectivity index is 2.86. The number of benzene rings is 1. The van der Waals surface area contributed by atoms with E-state index in [2.05, 4.69) is 5.32 Å². The van der Waals surface area contributed by atoms with Crippen LogP contribution < -0.4 is 10.1 Å². The van der Waals surface area contributed by atoms with Crippen LogP contribution in [0, 0.1) is 5.92 Å². The average molecular weight is 281 g/mol. The van der Waals surface area contributed by atoms with E-state index in [9.17, 15) is 14.7 Å². The Morgan fingerprint density at radius 3 is 2.45 bits per heavy atom. The number of phenols is 1. The van der Waals surface area contributed by atoms with Crippen LogP contribution in [0.2, 0.25) is 0 Å². The number of hydrogen-bond acceptors (Lipinski definition) is 4. The first-order valence-corrected chi connectivity index (χ1v) is 6.25. The van der Waals surface area contributed by atoms with Crippen LogP contribution in [0.15, 0.2) is 18.2 Å². The molecule has 0 aliphatic rings. The summed E-state index contributed by atoms with van der Waals surface area (Å²) in [6.07, 6.45) is 0.317. The summed E-state index contributed by atoms with van der Waals surface area (Å²) in [5.41, 5.74) is 0.0146. The van der Waals surface area contributed by atoms with Gasteiger partial charge in [0.1, 0.15) is 17.5 Å². The Kier molecular flexibility index (Phi) is 5.37. The summed E-state index contributed by atoms with van der Waals surface area (Å²) in [5, 5.41) is 21.2. The van der Waals surface area contributed by atoms with Gasteiger partial charge in [-0.05, 0) is 24.5 Å². The molecule has 0 bridgehead atoms. The standard InChI is InChI=1S/C14H19NO5/c1-8(2)6-11(14(18)19)15-13(17)10-5-4-9(20-3)7-12(10)16/h4-5,7-8,11,16H,6H2,1-3H3,(H,15,17)(H,18,19)/t11-/m0/s1. The number of aliphatic carboxylic acids is 1. The number of ether oxygens (including phenoxy) is 1. The minimum Gasteiger partial charge on any atom is -0.507 e. The Labute approximate surface area is 117 Å². The lowest BCUT2D eigenvalue weighted by atomic mass is 10.0. The first-order chi connectivity index (χ1) is 9.35. The molecule has 110 valence electrons. The van der Waals surface area contributed by atoms with Crippen LogP contribution in [0.3, 0.4) is 0 Å². The fraction of sp³-hybridized carbons (Fsp3) is 0.429. The Morgan fingerprint density at radius 2 is 2.00 bits per heavy atom. The maximum absolute atomic E-state index is 12.0. The third-order valence-electron chi connectivity index (χ3n) is 2.76. The van der Waals surface area contributed by atoms with Crippen LogP contribution in [0.1, 0.15) is 30.6 Å². The number of carbonyl (C=O) groups excluding carboxylic acids is 1. The zero-order chi connectivity index (χ0) is 15.3. The topological polar surface area (TPSA) is 95.9 Å². The molecule has 3 N–H and O–H groups in total. The molecule has 1 aromatic carbocycles. The van der Waals surface area contributed by atoms with Crippen molar-refractivity contribution in [2.24, 2.45) is 5.92 Å². The van der Waals surface area contributed by atoms with Gasteiger partial charge in [-0.1, -0.05) is 13.8 Å². The molecule has 0 aliphatic heterocycles. The van der Waals surface area contributed by atoms with Gasteiger partial charge in [0, 0.05) is 6.07 Å². The second-order valence-electron chi connectivity index (χ2n) is 4.88. The second-order valence-corrected chi connectivity index (χ2v) is 4.88. The molecule has 1 aromatic rings. The van der Waals surface area contributed by atoms with Gasteiger partial charge in [0.15, 0.2) is 0 Å². The minimum atomic E-state index is -1.10. The van der Waals surface area contributed by atoms with Gasteiger partial charge in [-0.3, -0.25) is 4.79 Å². The van der Waals surface area contributed by atoms with E-state index in [4.69, 9.17) is 9.84 Å². The minimum absolute atomic E-state index is 0.0146. The van der Waals surface area contributed by atoms with Gasteiger partial charge in [0.25, 0.3) is 5.91 Å². The average Bonchev–Trinajstić information content (AvgIpc) is 2.36. The third-order valence-corrected chi connectivity index (χ3v) is 2.76. The monoisotopic (exact) mass is 281 g/mol. The van der Waals surface area contributed by atoms with E-state index in [1.165, 1.54) is 25.3 Å². The summed E-state index contributed by atoms with van der Waals surface area (Å²) < 4.78 is 4.92. The molecule has 1 atom stereocenters. The highest BCUT2D eigenvalue weighted by Crippen LogP contribution is 2.23. The summed E-state index contributed by atoms with van der Waals surface area (Å²) in [5.74, 6) is -1.44. The lowest BCUT2D eigenvalue weighted by molar-refractivity contribution is -0.139. The quantitative estimate of drug-likeness (QED) is 0.736. The summed E-state index contributed by atoms with van der Waals surface area (Å²) in [6.45, 7) is 3.74. The van der Waals surface area contributed by atoms with E-state index in [1.807, 2.05) is 13.8 Å². The Bertz CT molecular complexity index is 498. The van der Waals surface area contributed by atoms with E-state index in [-0.39, 0.29) is 17.2 Å². The summed E-state index contributed by atoms with van der Waals surface area (Å²) in [7, 11) is 1.44. The Morgan fingerprint density at radius 1 is 1.35 bits per heavy atom. The number of carbonyl (C=O) groups is 2. The van der Waals surface area contributed by atoms with Crippen LogP contribution >= 0.6 is 0 Å². The van der Waals surface area contributed by atoms with Crippen LogP contribution in [-0.2, 0) is 4.79 Å². The van der Waals surface area contributed by atoms with E-state index in [0.717, 1.165) is 0 Å². The molecule has 0 unspecified atom stereocenters. The zero-order valence-corrected chi connectivity index (χ0v) is 11.7. The number of carboxylic acids is 1. The third kappa shape index (κ3) is 4.15. The van der Waals surface area contributed by atoms with Crippen molar-refractivity contribution in [2.75, 3.05) is 7.11 Å². The maximum atomic E-state index is 12.0. The highest BCUT2D eigenvalue weighted by Gasteiger charge is 2.23. The molecule has 6 heteroatoms. The van der Waals surface area contributed by atoms with Gasteiger partial charge in [-0.15, -0.1) is 0 Å². The summed E-state index contributed by atoms with van der Waals surface area (Å²) >= 11 is 0. The van der Waals surface area contributed by atoms with E-state index >= 15 is 0 Å². The number of nitrogens with one attached hydrogen (secondary N) is 1. The van der Waals surface area contributed by atoms with Crippen molar-refractivity contribution in [1.82, 2.24) is 5.32 Å². The number of rotatable bonds is 6. The Hall–Kier alpha value is -2.24. The normalized spacial score (nSPS) is 12.0. The molecule has 0 saturated heterocycles. The number of amides is 1. The van der Waals surface area contributed by atoms with Crippen molar-refractivity contribution in [3.8, 4) is 11.5 Å². The van der Waals surface area contributed by atoms with Crippen molar-refractivity contribution >= 4 is 11.9 Å². The lowest BCUT2D eigenvalue weighted by Crippen LogP contribution is -2.41. The smallest absolute Gasteiger partial charge is 0.326 e. The molecule has 0 aromatic heterocycles. The highest BCUT2D eigenvalue weighted by molar-refractivity contribution is 5.99. The molecule has 0 spiro atoms. The lowest BCUT2D eigenvalue weighted by Gasteiger charge is -2.17. The predicted octanol–water partition coefficient (Wildman–Crippen LogP) is 1.63. The van der Waals surface area contributed by atoms with Crippen molar-refractivity contribution in [3.63, 3.8) is 0 Å². The van der Waals surface area contributed by atoms with Gasteiger partial charge in [-0.25, -0.2) is 4.79 Å². The maximum Gasteiger partial charge on any atom is 0.326 e. The van der Waals surface area contributed by atoms with Crippen molar-refractivity contribution in [1.29, 1.82) is 0 Å². The van der Waals surface area contributed by atoms with Gasteiger partial charge < -0.3 is 20.3 Å². The molecule has 0 fully saturated rings. The van der Waals surface area contributed by atoms with Crippen LogP contribution in [0.25, 0.3) is 0 Å². The first-order valence-electron chi connectivity index (χ1n) is 6.25. The van der Waals surface area contributed by atoms with Crippen LogP contribution in [-0.4, -0.2) is 35.2 Å². The van der Waals surface area contributed by atoms with Gasteiger partial charge in [0.05, 0.1) is 12.7 Å². The summed E-state index contributed by atoms with van der Waals surface area (Å²) in [4.78, 5) is 23.1. The molecular weight excluding hydrogens is 262 g/mol. The number of aromatic hydroxyl groups is 1. The van der Waals surface area contributed by atoms with Crippen molar-refractivity contribution in [3.05, 3.63) is 23.8 Å². The number of hydrogen-bond donors (Lipinski definition) is 3. The largest absolute Gasteiger partial charge is 0.507 e. The van der Waals surface area contributed by atoms with E-state index < -0.39 is 17.9 Å². The number of methoxy groups -OCH3 is 1. The zero-order valence-electron chi connectivity index (χ0n) is 11.7. The second kappa shape index (κ2) is 6.79. The van der Waals surface area contributed by atoms with Gasteiger partial charge in [0.2, 0.25) is 0 Å². The predicted molar refractivity (Wildman–Crippen MR) is 73.0 cm³/mol. The molecule has 0 heterocycles. The molecule has 0 aliphatic carbocycles. The van der Waals surface area contributed by atoms with Crippen LogP contribution in [0.5, 0.6) is 11.5 Å². The fourth-order valence-electron chi connectivity index (χ4n) is 1.76. The van der Waals surface area contributed by atoms with Crippen molar-refractivity contribution < 1.29 is 24.5 Å². The SMILES string of the molecule is COc1ccc(C(=O)N[C@@H](CC(C)C)C(=O)O)c(O)c1. The van der Waals surface area contributed by atoms with E-state index in [0.29, 0.717) is 12.2 Å². The molecular formula is C14H19NO5. The molecule has 1 amide bonds. The fourth-order valence-corrected chi connectivity index (χ4v) is 1.76. The number of phenolic OH excluding ortho intramolecular Hbond substituents is 1. The molecule has 0 saturated carbocycles. The molecule has 0 radical (unpaired) electrons. The highest BCUT2D eigenvalue weighted by atomic mass is 16.5. The van der Waals surface area contributed by atoms with E-state index in [1.54, 1.807) is 0 Å². The van der Waals surface area contributed by atoms with Crippen LogP contribution in [0.4, 0.5) is 0 Å². The van der Waals surface area contributed by atoms with Crippen molar-refractivity contribution in [2.45, 2.75) is 26.3 Å². The molecule has 1 rings (SSSR count). The van der Waals surface area contributed by atoms with Gasteiger partial charge in [-0.2, -0.15) is 0 Å². The number of carboxylic acid groups (broad SMARTS) is 1.